The van der Waals surface area contributed by atoms with Gasteiger partial charge in [0.05, 0.1) is 18.4 Å². The molecular weight excluding hydrogens is 423 g/mol. The van der Waals surface area contributed by atoms with Gasteiger partial charge in [-0.2, -0.15) is 5.10 Å². The van der Waals surface area contributed by atoms with E-state index < -0.39 is 17.7 Å². The SMILES string of the molecule is CCOc1cc(/C=N/NC(=O)c2ccc(F)cc2)ccc1OC(=O)c1ccc(Cl)cc1. The predicted octanol–water partition coefficient (Wildman–Crippen LogP) is 4.86. The van der Waals surface area contributed by atoms with E-state index in [4.69, 9.17) is 21.1 Å². The smallest absolute Gasteiger partial charge is 0.343 e. The van der Waals surface area contributed by atoms with Crippen molar-refractivity contribution in [3.05, 3.63) is 94.3 Å². The highest BCUT2D eigenvalue weighted by Gasteiger charge is 2.13. The number of amides is 1. The molecule has 0 aliphatic carbocycles. The van der Waals surface area contributed by atoms with Crippen molar-refractivity contribution in [2.24, 2.45) is 5.10 Å². The van der Waals surface area contributed by atoms with E-state index in [-0.39, 0.29) is 11.3 Å². The second-order valence-corrected chi connectivity index (χ2v) is 6.68. The molecule has 0 fully saturated rings. The van der Waals surface area contributed by atoms with Gasteiger partial charge in [0.2, 0.25) is 0 Å². The van der Waals surface area contributed by atoms with Crippen molar-refractivity contribution in [3.8, 4) is 11.5 Å². The molecule has 8 heteroatoms. The molecule has 0 aromatic heterocycles. The Morgan fingerprint density at radius 1 is 1.00 bits per heavy atom. The second kappa shape index (κ2) is 10.4. The lowest BCUT2D eigenvalue weighted by Gasteiger charge is -2.11. The fourth-order valence-corrected chi connectivity index (χ4v) is 2.66. The van der Waals surface area contributed by atoms with Gasteiger partial charge in [-0.1, -0.05) is 11.6 Å². The summed E-state index contributed by atoms with van der Waals surface area (Å²) in [5, 5.41) is 4.41. The number of esters is 1. The Bertz CT molecular complexity index is 1100. The van der Waals surface area contributed by atoms with Gasteiger partial charge >= 0.3 is 5.97 Å². The zero-order valence-corrected chi connectivity index (χ0v) is 17.2. The van der Waals surface area contributed by atoms with Gasteiger partial charge in [-0.05, 0) is 79.2 Å². The number of hydrazone groups is 1. The first-order valence-corrected chi connectivity index (χ1v) is 9.67. The normalized spacial score (nSPS) is 10.7. The summed E-state index contributed by atoms with van der Waals surface area (Å²) in [4.78, 5) is 24.4. The van der Waals surface area contributed by atoms with Crippen LogP contribution in [-0.4, -0.2) is 24.7 Å². The zero-order chi connectivity index (χ0) is 22.2. The summed E-state index contributed by atoms with van der Waals surface area (Å²) in [6, 6.07) is 16.3. The maximum Gasteiger partial charge on any atom is 0.343 e. The van der Waals surface area contributed by atoms with Gasteiger partial charge in [-0.3, -0.25) is 4.79 Å². The Morgan fingerprint density at radius 2 is 1.68 bits per heavy atom. The number of nitrogens with one attached hydrogen (secondary N) is 1. The standard InChI is InChI=1S/C23H18ClFN2O4/c1-2-30-21-13-15(14-26-27-22(28)16-6-10-19(25)11-7-16)3-12-20(21)31-23(29)17-4-8-18(24)9-5-17/h3-14H,2H2,1H3,(H,27,28)/b26-14+. The number of benzene rings is 3. The van der Waals surface area contributed by atoms with E-state index in [1.54, 1.807) is 49.4 Å². The molecule has 0 saturated carbocycles. The molecule has 158 valence electrons. The van der Waals surface area contributed by atoms with Crippen molar-refractivity contribution in [3.63, 3.8) is 0 Å². The van der Waals surface area contributed by atoms with Crippen LogP contribution < -0.4 is 14.9 Å². The molecule has 0 heterocycles. The minimum Gasteiger partial charge on any atom is -0.490 e. The summed E-state index contributed by atoms with van der Waals surface area (Å²) in [7, 11) is 0. The molecule has 6 nitrogen and oxygen atoms in total. The van der Waals surface area contributed by atoms with Gasteiger partial charge in [0.25, 0.3) is 5.91 Å². The van der Waals surface area contributed by atoms with Crippen LogP contribution >= 0.6 is 11.6 Å². The summed E-state index contributed by atoms with van der Waals surface area (Å²) in [6.07, 6.45) is 1.41. The van der Waals surface area contributed by atoms with Crippen LogP contribution in [0.1, 0.15) is 33.2 Å². The fraction of sp³-hybridized carbons (Fsp3) is 0.0870. The quantitative estimate of drug-likeness (QED) is 0.246. The Kier molecular flexibility index (Phi) is 7.35. The molecule has 0 spiro atoms. The molecule has 3 aromatic carbocycles. The Hall–Kier alpha value is -3.71. The highest BCUT2D eigenvalue weighted by atomic mass is 35.5. The molecule has 0 unspecified atom stereocenters. The molecule has 3 rings (SSSR count). The van der Waals surface area contributed by atoms with Gasteiger partial charge in [-0.25, -0.2) is 14.6 Å². The van der Waals surface area contributed by atoms with Crippen LogP contribution in [0.2, 0.25) is 5.02 Å². The van der Waals surface area contributed by atoms with Crippen molar-refractivity contribution in [2.75, 3.05) is 6.61 Å². The maximum atomic E-state index is 12.9. The monoisotopic (exact) mass is 440 g/mol. The summed E-state index contributed by atoms with van der Waals surface area (Å²) < 4.78 is 23.9. The minimum atomic E-state index is -0.550. The second-order valence-electron chi connectivity index (χ2n) is 6.24. The molecule has 0 bridgehead atoms. The van der Waals surface area contributed by atoms with E-state index in [1.807, 2.05) is 0 Å². The highest BCUT2D eigenvalue weighted by Crippen LogP contribution is 2.29. The van der Waals surface area contributed by atoms with Crippen LogP contribution in [-0.2, 0) is 0 Å². The van der Waals surface area contributed by atoms with E-state index >= 15 is 0 Å². The average molecular weight is 441 g/mol. The first-order valence-electron chi connectivity index (χ1n) is 9.30. The summed E-state index contributed by atoms with van der Waals surface area (Å²) >= 11 is 5.84. The third-order valence-corrected chi connectivity index (χ3v) is 4.29. The first-order chi connectivity index (χ1) is 15.0. The fourth-order valence-electron chi connectivity index (χ4n) is 2.53. The Labute approximate surface area is 183 Å². The van der Waals surface area contributed by atoms with Crippen molar-refractivity contribution in [1.82, 2.24) is 5.43 Å². The van der Waals surface area contributed by atoms with Crippen LogP contribution in [0.25, 0.3) is 0 Å². The molecule has 0 atom stereocenters. The molecule has 1 N–H and O–H groups in total. The molecule has 0 aliphatic rings. The van der Waals surface area contributed by atoms with E-state index in [0.29, 0.717) is 28.5 Å². The van der Waals surface area contributed by atoms with E-state index in [0.717, 1.165) is 0 Å². The minimum absolute atomic E-state index is 0.245. The molecular formula is C23H18ClFN2O4. The zero-order valence-electron chi connectivity index (χ0n) is 16.5. The maximum absolute atomic E-state index is 12.9. The van der Waals surface area contributed by atoms with Gasteiger partial charge < -0.3 is 9.47 Å². The van der Waals surface area contributed by atoms with Crippen LogP contribution in [0, 0.1) is 5.82 Å². The van der Waals surface area contributed by atoms with Crippen LogP contribution in [0.3, 0.4) is 0 Å². The largest absolute Gasteiger partial charge is 0.490 e. The van der Waals surface area contributed by atoms with Gasteiger partial charge in [0.1, 0.15) is 5.82 Å². The molecule has 0 aliphatic heterocycles. The summed E-state index contributed by atoms with van der Waals surface area (Å²) in [6.45, 7) is 2.15. The molecule has 0 radical (unpaired) electrons. The van der Waals surface area contributed by atoms with Crippen LogP contribution in [0.4, 0.5) is 4.39 Å². The average Bonchev–Trinajstić information content (AvgIpc) is 2.76. The highest BCUT2D eigenvalue weighted by molar-refractivity contribution is 6.30. The number of carbonyl (C=O) groups excluding carboxylic acids is 2. The van der Waals surface area contributed by atoms with Crippen molar-refractivity contribution in [1.29, 1.82) is 0 Å². The first kappa shape index (κ1) is 22.0. The summed E-state index contributed by atoms with van der Waals surface area (Å²) in [5.74, 6) is -0.867. The van der Waals surface area contributed by atoms with E-state index in [2.05, 4.69) is 10.5 Å². The van der Waals surface area contributed by atoms with Crippen LogP contribution in [0.5, 0.6) is 11.5 Å². The third-order valence-electron chi connectivity index (χ3n) is 4.04. The number of ether oxygens (including phenoxy) is 2. The number of halogens is 2. The predicted molar refractivity (Wildman–Crippen MR) is 115 cm³/mol. The lowest BCUT2D eigenvalue weighted by molar-refractivity contribution is 0.0728. The lowest BCUT2D eigenvalue weighted by atomic mass is 10.2. The van der Waals surface area contributed by atoms with E-state index in [9.17, 15) is 14.0 Å². The molecule has 31 heavy (non-hydrogen) atoms. The number of carbonyl (C=O) groups is 2. The third kappa shape index (κ3) is 6.13. The Morgan fingerprint density at radius 3 is 2.35 bits per heavy atom. The van der Waals surface area contributed by atoms with Gasteiger partial charge in [0.15, 0.2) is 11.5 Å². The molecule has 3 aromatic rings. The van der Waals surface area contributed by atoms with E-state index in [1.165, 1.54) is 30.5 Å². The summed E-state index contributed by atoms with van der Waals surface area (Å²) in [5.41, 5.74) is 3.59. The van der Waals surface area contributed by atoms with Gasteiger partial charge in [-0.15, -0.1) is 0 Å². The van der Waals surface area contributed by atoms with Gasteiger partial charge in [0, 0.05) is 10.6 Å². The van der Waals surface area contributed by atoms with Crippen LogP contribution in [0.15, 0.2) is 71.8 Å². The van der Waals surface area contributed by atoms with Crippen molar-refractivity contribution < 1.29 is 23.5 Å². The molecule has 1 amide bonds. The number of hydrogen-bond acceptors (Lipinski definition) is 5. The number of hydrogen-bond donors (Lipinski definition) is 1. The topological polar surface area (TPSA) is 77.0 Å². The lowest BCUT2D eigenvalue weighted by Crippen LogP contribution is -2.17. The number of rotatable bonds is 7. The molecule has 0 saturated heterocycles. The van der Waals surface area contributed by atoms with Crippen molar-refractivity contribution in [2.45, 2.75) is 6.92 Å². The Balaban J connectivity index is 1.69. The van der Waals surface area contributed by atoms with Crippen molar-refractivity contribution >= 4 is 29.7 Å². The number of nitrogens with zero attached hydrogens (tertiary/aromatic N) is 1.